The van der Waals surface area contributed by atoms with Gasteiger partial charge >= 0.3 is 0 Å². The molecule has 0 unspecified atom stereocenters. The van der Waals surface area contributed by atoms with E-state index in [4.69, 9.17) is 0 Å². The van der Waals surface area contributed by atoms with Crippen molar-refractivity contribution in [3.05, 3.63) is 30.1 Å². The van der Waals surface area contributed by atoms with E-state index in [-0.39, 0.29) is 0 Å². The number of aliphatic hydroxyl groups is 1. The average molecular weight is 220 g/mol. The quantitative estimate of drug-likeness (QED) is 0.811. The Morgan fingerprint density at radius 1 is 1.44 bits per heavy atom. The second-order valence-corrected chi connectivity index (χ2v) is 4.79. The first-order valence-corrected chi connectivity index (χ1v) is 6.01. The van der Waals surface area contributed by atoms with Gasteiger partial charge in [-0.15, -0.1) is 0 Å². The number of nitrogens with one attached hydrogen (secondary N) is 1. The minimum absolute atomic E-state index is 0.540. The van der Waals surface area contributed by atoms with Crippen LogP contribution in [0.25, 0.3) is 0 Å². The van der Waals surface area contributed by atoms with Crippen LogP contribution >= 0.6 is 0 Å². The Balaban J connectivity index is 1.95. The van der Waals surface area contributed by atoms with Crippen LogP contribution in [0.1, 0.15) is 31.4 Å². The van der Waals surface area contributed by atoms with Crippen LogP contribution in [-0.4, -0.2) is 28.8 Å². The van der Waals surface area contributed by atoms with Crippen molar-refractivity contribution in [2.24, 2.45) is 0 Å². The first-order valence-electron chi connectivity index (χ1n) is 6.01. The van der Waals surface area contributed by atoms with Crippen LogP contribution in [0.2, 0.25) is 0 Å². The van der Waals surface area contributed by atoms with E-state index in [9.17, 15) is 5.11 Å². The minimum Gasteiger partial charge on any atom is -0.389 e. The molecule has 2 N–H and O–H groups in total. The molecule has 0 spiro atoms. The van der Waals surface area contributed by atoms with Gasteiger partial charge in [0.1, 0.15) is 0 Å². The molecule has 88 valence electrons. The lowest BCUT2D eigenvalue weighted by Crippen LogP contribution is -2.41. The molecule has 1 saturated carbocycles. The third-order valence-corrected chi connectivity index (χ3v) is 3.56. The molecule has 1 aliphatic rings. The Kier molecular flexibility index (Phi) is 3.56. The smallest absolute Gasteiger partial charge is 0.0704 e. The van der Waals surface area contributed by atoms with Crippen molar-refractivity contribution < 1.29 is 5.11 Å². The zero-order valence-electron chi connectivity index (χ0n) is 9.82. The van der Waals surface area contributed by atoms with Gasteiger partial charge in [-0.05, 0) is 44.9 Å². The molecule has 1 aromatic heterocycles. The summed E-state index contributed by atoms with van der Waals surface area (Å²) in [6.07, 6.45) is 6.33. The van der Waals surface area contributed by atoms with E-state index in [1.807, 2.05) is 25.2 Å². The molecule has 1 heterocycles. The maximum absolute atomic E-state index is 10.5. The SMILES string of the molecule is CNC1CCC(O)(Cc2ccccn2)CC1. The van der Waals surface area contributed by atoms with Crippen molar-refractivity contribution in [2.75, 3.05) is 7.05 Å². The number of hydrogen-bond donors (Lipinski definition) is 2. The molecule has 0 saturated heterocycles. The van der Waals surface area contributed by atoms with Crippen molar-refractivity contribution in [3.63, 3.8) is 0 Å². The Hall–Kier alpha value is -0.930. The first-order chi connectivity index (χ1) is 7.72. The number of hydrogen-bond acceptors (Lipinski definition) is 3. The standard InChI is InChI=1S/C13H20N2O/c1-14-11-5-7-13(16,8-6-11)10-12-4-2-3-9-15-12/h2-4,9,11,14,16H,5-8,10H2,1H3. The monoisotopic (exact) mass is 220 g/mol. The van der Waals surface area contributed by atoms with Crippen molar-refractivity contribution in [1.29, 1.82) is 0 Å². The average Bonchev–Trinajstić information content (AvgIpc) is 2.31. The summed E-state index contributed by atoms with van der Waals surface area (Å²) in [7, 11) is 1.99. The van der Waals surface area contributed by atoms with Gasteiger partial charge in [0, 0.05) is 24.4 Å². The van der Waals surface area contributed by atoms with Gasteiger partial charge < -0.3 is 10.4 Å². The van der Waals surface area contributed by atoms with Crippen LogP contribution in [0.4, 0.5) is 0 Å². The van der Waals surface area contributed by atoms with Gasteiger partial charge in [-0.3, -0.25) is 4.98 Å². The lowest BCUT2D eigenvalue weighted by Gasteiger charge is -2.35. The number of pyridine rings is 1. The maximum Gasteiger partial charge on any atom is 0.0704 e. The maximum atomic E-state index is 10.5. The summed E-state index contributed by atoms with van der Waals surface area (Å²) in [5.41, 5.74) is 0.453. The predicted molar refractivity (Wildman–Crippen MR) is 64.2 cm³/mol. The molecule has 0 atom stereocenters. The molecule has 1 fully saturated rings. The number of nitrogens with zero attached hydrogens (tertiary/aromatic N) is 1. The van der Waals surface area contributed by atoms with Crippen LogP contribution in [0.3, 0.4) is 0 Å². The summed E-state index contributed by atoms with van der Waals surface area (Å²) in [5.74, 6) is 0. The van der Waals surface area contributed by atoms with Crippen LogP contribution in [-0.2, 0) is 6.42 Å². The van der Waals surface area contributed by atoms with E-state index in [1.54, 1.807) is 6.20 Å². The van der Waals surface area contributed by atoms with Crippen LogP contribution < -0.4 is 5.32 Å². The summed E-state index contributed by atoms with van der Waals surface area (Å²) in [6.45, 7) is 0. The van der Waals surface area contributed by atoms with E-state index >= 15 is 0 Å². The zero-order valence-corrected chi connectivity index (χ0v) is 9.82. The molecule has 0 aromatic carbocycles. The van der Waals surface area contributed by atoms with Gasteiger partial charge in [-0.25, -0.2) is 0 Å². The first kappa shape index (κ1) is 11.6. The van der Waals surface area contributed by atoms with Gasteiger partial charge in [0.15, 0.2) is 0 Å². The second-order valence-electron chi connectivity index (χ2n) is 4.79. The molecule has 0 bridgehead atoms. The highest BCUT2D eigenvalue weighted by atomic mass is 16.3. The molecule has 2 rings (SSSR count). The Morgan fingerprint density at radius 3 is 2.75 bits per heavy atom. The van der Waals surface area contributed by atoms with Crippen LogP contribution in [0.15, 0.2) is 24.4 Å². The summed E-state index contributed by atoms with van der Waals surface area (Å²) < 4.78 is 0. The lowest BCUT2D eigenvalue weighted by molar-refractivity contribution is -0.00320. The summed E-state index contributed by atoms with van der Waals surface area (Å²) in [6, 6.07) is 6.45. The fourth-order valence-corrected chi connectivity index (χ4v) is 2.46. The minimum atomic E-state index is -0.540. The molecule has 3 nitrogen and oxygen atoms in total. The fraction of sp³-hybridized carbons (Fsp3) is 0.615. The molecule has 0 aliphatic heterocycles. The molecular formula is C13H20N2O. The summed E-state index contributed by atoms with van der Waals surface area (Å²) in [4.78, 5) is 4.28. The molecule has 1 aromatic rings. The Bertz CT molecular complexity index is 318. The Labute approximate surface area is 96.9 Å². The molecule has 0 radical (unpaired) electrons. The van der Waals surface area contributed by atoms with Crippen LogP contribution in [0.5, 0.6) is 0 Å². The summed E-state index contributed by atoms with van der Waals surface area (Å²) >= 11 is 0. The normalized spacial score (nSPS) is 30.2. The molecular weight excluding hydrogens is 200 g/mol. The van der Waals surface area contributed by atoms with Crippen LogP contribution in [0, 0.1) is 0 Å². The van der Waals surface area contributed by atoms with E-state index in [0.29, 0.717) is 12.5 Å². The third kappa shape index (κ3) is 2.80. The van der Waals surface area contributed by atoms with Gasteiger partial charge in [-0.2, -0.15) is 0 Å². The molecule has 3 heteroatoms. The molecule has 1 aliphatic carbocycles. The van der Waals surface area contributed by atoms with Crippen molar-refractivity contribution in [2.45, 2.75) is 43.7 Å². The Morgan fingerprint density at radius 2 is 2.19 bits per heavy atom. The predicted octanol–water partition coefficient (Wildman–Crippen LogP) is 1.52. The van der Waals surface area contributed by atoms with Crippen molar-refractivity contribution >= 4 is 0 Å². The molecule has 0 amide bonds. The van der Waals surface area contributed by atoms with Gasteiger partial charge in [0.25, 0.3) is 0 Å². The van der Waals surface area contributed by atoms with E-state index < -0.39 is 5.60 Å². The highest BCUT2D eigenvalue weighted by Crippen LogP contribution is 2.30. The largest absolute Gasteiger partial charge is 0.389 e. The third-order valence-electron chi connectivity index (χ3n) is 3.56. The number of rotatable bonds is 3. The molecule has 16 heavy (non-hydrogen) atoms. The van der Waals surface area contributed by atoms with E-state index in [1.165, 1.54) is 0 Å². The fourth-order valence-electron chi connectivity index (χ4n) is 2.46. The van der Waals surface area contributed by atoms with Gasteiger partial charge in [-0.1, -0.05) is 6.07 Å². The van der Waals surface area contributed by atoms with Crippen molar-refractivity contribution in [3.8, 4) is 0 Å². The zero-order chi connectivity index (χ0) is 11.4. The van der Waals surface area contributed by atoms with Gasteiger partial charge in [0.05, 0.1) is 5.60 Å². The lowest BCUT2D eigenvalue weighted by atomic mass is 9.79. The van der Waals surface area contributed by atoms with E-state index in [0.717, 1.165) is 31.4 Å². The number of aromatic nitrogens is 1. The van der Waals surface area contributed by atoms with Gasteiger partial charge in [0.2, 0.25) is 0 Å². The second kappa shape index (κ2) is 4.93. The summed E-state index contributed by atoms with van der Waals surface area (Å²) in [5, 5.41) is 13.7. The highest BCUT2D eigenvalue weighted by Gasteiger charge is 2.32. The van der Waals surface area contributed by atoms with E-state index in [2.05, 4.69) is 10.3 Å². The highest BCUT2D eigenvalue weighted by molar-refractivity contribution is 5.08. The van der Waals surface area contributed by atoms with Crippen molar-refractivity contribution in [1.82, 2.24) is 10.3 Å². The topological polar surface area (TPSA) is 45.1 Å².